The van der Waals surface area contributed by atoms with E-state index in [1.807, 2.05) is 6.92 Å². The number of nitrogens with one attached hydrogen (secondary N) is 1. The van der Waals surface area contributed by atoms with Crippen molar-refractivity contribution in [2.45, 2.75) is 26.4 Å². The van der Waals surface area contributed by atoms with Gasteiger partial charge in [0.2, 0.25) is 0 Å². The molecule has 0 unspecified atom stereocenters. The minimum atomic E-state index is -0.947. The molecule has 0 aromatic heterocycles. The van der Waals surface area contributed by atoms with Crippen LogP contribution in [0.4, 0.5) is 10.5 Å². The molecule has 0 aliphatic heterocycles. The number of anilines is 1. The van der Waals surface area contributed by atoms with E-state index in [1.165, 1.54) is 4.90 Å². The van der Waals surface area contributed by atoms with E-state index in [1.54, 1.807) is 32.0 Å². The molecule has 19 heavy (non-hydrogen) atoms. The number of rotatable bonds is 4. The van der Waals surface area contributed by atoms with Crippen LogP contribution in [-0.2, 0) is 0 Å². The van der Waals surface area contributed by atoms with Crippen LogP contribution in [-0.4, -0.2) is 34.7 Å². The van der Waals surface area contributed by atoms with Crippen LogP contribution in [0.3, 0.4) is 0 Å². The molecule has 0 aliphatic carbocycles. The zero-order chi connectivity index (χ0) is 14.6. The molecule has 0 aliphatic rings. The van der Waals surface area contributed by atoms with Gasteiger partial charge in [0.15, 0.2) is 0 Å². The summed E-state index contributed by atoms with van der Waals surface area (Å²) in [5.74, 6) is 0. The lowest BCUT2D eigenvalue weighted by molar-refractivity contribution is 0.0501. The highest BCUT2D eigenvalue weighted by molar-refractivity contribution is 6.36. The van der Waals surface area contributed by atoms with Crippen LogP contribution in [0, 0.1) is 0 Å². The van der Waals surface area contributed by atoms with Gasteiger partial charge in [-0.25, -0.2) is 4.79 Å². The van der Waals surface area contributed by atoms with Gasteiger partial charge in [-0.3, -0.25) is 0 Å². The van der Waals surface area contributed by atoms with E-state index < -0.39 is 5.60 Å². The lowest BCUT2D eigenvalue weighted by Crippen LogP contribution is -2.44. The molecule has 0 bridgehead atoms. The fourth-order valence-electron chi connectivity index (χ4n) is 1.58. The maximum absolute atomic E-state index is 12.1. The van der Waals surface area contributed by atoms with Crippen molar-refractivity contribution in [3.63, 3.8) is 0 Å². The Balaban J connectivity index is 2.77. The Morgan fingerprint density at radius 3 is 2.53 bits per heavy atom. The second kappa shape index (κ2) is 6.46. The fourth-order valence-corrected chi connectivity index (χ4v) is 2.04. The number of hydrogen-bond donors (Lipinski definition) is 2. The largest absolute Gasteiger partial charge is 0.389 e. The molecule has 2 N–H and O–H groups in total. The van der Waals surface area contributed by atoms with Crippen molar-refractivity contribution in [1.29, 1.82) is 0 Å². The predicted octanol–water partition coefficient (Wildman–Crippen LogP) is 3.62. The molecular weight excluding hydrogens is 287 g/mol. The highest BCUT2D eigenvalue weighted by atomic mass is 35.5. The van der Waals surface area contributed by atoms with Crippen molar-refractivity contribution < 1.29 is 9.90 Å². The first-order valence-corrected chi connectivity index (χ1v) is 6.72. The molecule has 4 nitrogen and oxygen atoms in total. The highest BCUT2D eigenvalue weighted by Crippen LogP contribution is 2.25. The van der Waals surface area contributed by atoms with E-state index in [9.17, 15) is 9.90 Å². The average molecular weight is 305 g/mol. The second-order valence-electron chi connectivity index (χ2n) is 4.88. The number of urea groups is 1. The molecule has 1 rings (SSSR count). The summed E-state index contributed by atoms with van der Waals surface area (Å²) < 4.78 is 0. The topological polar surface area (TPSA) is 52.6 Å². The minimum absolute atomic E-state index is 0.237. The number of halogens is 2. The zero-order valence-corrected chi connectivity index (χ0v) is 12.7. The van der Waals surface area contributed by atoms with Crippen molar-refractivity contribution in [1.82, 2.24) is 4.90 Å². The van der Waals surface area contributed by atoms with Crippen LogP contribution >= 0.6 is 23.2 Å². The van der Waals surface area contributed by atoms with Crippen molar-refractivity contribution in [2.75, 3.05) is 18.4 Å². The van der Waals surface area contributed by atoms with Gasteiger partial charge < -0.3 is 15.3 Å². The van der Waals surface area contributed by atoms with Gasteiger partial charge in [-0.1, -0.05) is 23.2 Å². The summed E-state index contributed by atoms with van der Waals surface area (Å²) in [6.07, 6.45) is 0. The molecule has 0 radical (unpaired) electrons. The summed E-state index contributed by atoms with van der Waals surface area (Å²) in [6, 6.07) is 4.54. The Morgan fingerprint density at radius 2 is 2.05 bits per heavy atom. The highest BCUT2D eigenvalue weighted by Gasteiger charge is 2.21. The van der Waals surface area contributed by atoms with Crippen molar-refractivity contribution in [3.8, 4) is 0 Å². The van der Waals surface area contributed by atoms with Gasteiger partial charge in [-0.05, 0) is 39.0 Å². The van der Waals surface area contributed by atoms with Crippen molar-refractivity contribution in [3.05, 3.63) is 28.2 Å². The maximum atomic E-state index is 12.1. The van der Waals surface area contributed by atoms with Gasteiger partial charge in [-0.2, -0.15) is 0 Å². The summed E-state index contributed by atoms with van der Waals surface area (Å²) in [5.41, 5.74) is -0.456. The number of aliphatic hydroxyl groups is 1. The Hall–Kier alpha value is -0.970. The number of nitrogens with zero attached hydrogens (tertiary/aromatic N) is 1. The summed E-state index contributed by atoms with van der Waals surface area (Å²) in [5, 5.41) is 13.3. The van der Waals surface area contributed by atoms with Crippen LogP contribution in [0.2, 0.25) is 10.0 Å². The Morgan fingerprint density at radius 1 is 1.42 bits per heavy atom. The first-order valence-electron chi connectivity index (χ1n) is 5.96. The number of carbonyl (C=O) groups is 1. The molecule has 6 heteroatoms. The van der Waals surface area contributed by atoms with Gasteiger partial charge >= 0.3 is 6.03 Å². The lowest BCUT2D eigenvalue weighted by Gasteiger charge is -2.28. The molecule has 2 amide bonds. The van der Waals surface area contributed by atoms with Gasteiger partial charge in [0.25, 0.3) is 0 Å². The minimum Gasteiger partial charge on any atom is -0.389 e. The maximum Gasteiger partial charge on any atom is 0.321 e. The molecule has 0 saturated carbocycles. The molecule has 1 aromatic rings. The first-order chi connectivity index (χ1) is 8.73. The summed E-state index contributed by atoms with van der Waals surface area (Å²) >= 11 is 11.8. The third-order valence-corrected chi connectivity index (χ3v) is 2.97. The van der Waals surface area contributed by atoms with Crippen LogP contribution in [0.1, 0.15) is 20.8 Å². The van der Waals surface area contributed by atoms with E-state index in [-0.39, 0.29) is 12.6 Å². The number of carbonyl (C=O) groups excluding carboxylic acids is 1. The third-order valence-electron chi connectivity index (χ3n) is 2.42. The van der Waals surface area contributed by atoms with Gasteiger partial charge in [-0.15, -0.1) is 0 Å². The number of likely N-dealkylation sites (N-methyl/N-ethyl adjacent to an activating group) is 1. The van der Waals surface area contributed by atoms with Gasteiger partial charge in [0, 0.05) is 11.6 Å². The summed E-state index contributed by atoms with van der Waals surface area (Å²) in [6.45, 7) is 5.87. The van der Waals surface area contributed by atoms with Crippen molar-refractivity contribution in [2.24, 2.45) is 0 Å². The van der Waals surface area contributed by atoms with E-state index >= 15 is 0 Å². The van der Waals surface area contributed by atoms with Crippen LogP contribution in [0.25, 0.3) is 0 Å². The normalized spacial score (nSPS) is 11.3. The quantitative estimate of drug-likeness (QED) is 0.892. The predicted molar refractivity (Wildman–Crippen MR) is 79.0 cm³/mol. The molecular formula is C13H18Cl2N2O2. The Labute approximate surface area is 123 Å². The molecule has 0 saturated heterocycles. The SMILES string of the molecule is CCN(CC(C)(C)O)C(=O)Nc1ccc(Cl)cc1Cl. The van der Waals surface area contributed by atoms with E-state index in [4.69, 9.17) is 23.2 Å². The summed E-state index contributed by atoms with van der Waals surface area (Å²) in [7, 11) is 0. The van der Waals surface area contributed by atoms with Crippen LogP contribution in [0.5, 0.6) is 0 Å². The van der Waals surface area contributed by atoms with Gasteiger partial charge in [0.1, 0.15) is 0 Å². The molecule has 0 spiro atoms. The number of amides is 2. The second-order valence-corrected chi connectivity index (χ2v) is 5.72. The fraction of sp³-hybridized carbons (Fsp3) is 0.462. The Kier molecular flexibility index (Phi) is 5.47. The molecule has 0 heterocycles. The van der Waals surface area contributed by atoms with Gasteiger partial charge in [0.05, 0.1) is 22.9 Å². The number of hydrogen-bond acceptors (Lipinski definition) is 2. The Bertz CT molecular complexity index is 458. The van der Waals surface area contributed by atoms with E-state index in [0.29, 0.717) is 22.3 Å². The van der Waals surface area contributed by atoms with Crippen LogP contribution < -0.4 is 5.32 Å². The number of benzene rings is 1. The molecule has 0 atom stereocenters. The van der Waals surface area contributed by atoms with E-state index in [2.05, 4.69) is 5.32 Å². The lowest BCUT2D eigenvalue weighted by atomic mass is 10.1. The summed E-state index contributed by atoms with van der Waals surface area (Å²) in [4.78, 5) is 13.6. The molecule has 0 fully saturated rings. The standard InChI is InChI=1S/C13H18Cl2N2O2/c1-4-17(8-13(2,3)19)12(18)16-11-6-5-9(14)7-10(11)15/h5-7,19H,4,8H2,1-3H3,(H,16,18). The smallest absolute Gasteiger partial charge is 0.321 e. The third kappa shape index (κ3) is 5.27. The van der Waals surface area contributed by atoms with E-state index in [0.717, 1.165) is 0 Å². The first kappa shape index (κ1) is 16.1. The average Bonchev–Trinajstić information content (AvgIpc) is 2.28. The van der Waals surface area contributed by atoms with Crippen LogP contribution in [0.15, 0.2) is 18.2 Å². The molecule has 1 aromatic carbocycles. The zero-order valence-electron chi connectivity index (χ0n) is 11.2. The monoisotopic (exact) mass is 304 g/mol. The molecule has 106 valence electrons. The van der Waals surface area contributed by atoms with Crippen molar-refractivity contribution >= 4 is 34.9 Å².